The van der Waals surface area contributed by atoms with Gasteiger partial charge in [0, 0.05) is 31.1 Å². The summed E-state index contributed by atoms with van der Waals surface area (Å²) in [6.07, 6.45) is 7.43. The van der Waals surface area contributed by atoms with E-state index in [1.165, 1.54) is 0 Å². The van der Waals surface area contributed by atoms with E-state index in [0.29, 0.717) is 30.7 Å². The highest BCUT2D eigenvalue weighted by atomic mass is 35.5. The van der Waals surface area contributed by atoms with Gasteiger partial charge >= 0.3 is 6.09 Å². The van der Waals surface area contributed by atoms with E-state index in [-0.39, 0.29) is 29.1 Å². The van der Waals surface area contributed by atoms with Gasteiger partial charge in [0.05, 0.1) is 11.6 Å². The molecule has 1 N–H and O–H groups in total. The van der Waals surface area contributed by atoms with E-state index in [4.69, 9.17) is 16.3 Å². The lowest BCUT2D eigenvalue weighted by Gasteiger charge is -2.33. The van der Waals surface area contributed by atoms with Crippen molar-refractivity contribution in [1.29, 1.82) is 0 Å². The van der Waals surface area contributed by atoms with Crippen LogP contribution in [-0.4, -0.2) is 51.0 Å². The Hall–Kier alpha value is -2.33. The Kier molecular flexibility index (Phi) is 6.62. The molecule has 2 aliphatic carbocycles. The van der Waals surface area contributed by atoms with Crippen molar-refractivity contribution >= 4 is 29.3 Å². The number of halogens is 1. The maximum absolute atomic E-state index is 12.9. The molecular weight excluding hydrogens is 428 g/mol. The second kappa shape index (κ2) is 9.27. The third-order valence-electron chi connectivity index (χ3n) is 6.07. The first kappa shape index (κ1) is 22.8. The molecule has 2 saturated carbocycles. The number of ketones is 1. The molecule has 3 fully saturated rings. The molecule has 1 aromatic rings. The van der Waals surface area contributed by atoms with Gasteiger partial charge in [0.25, 0.3) is 0 Å². The molecular formula is C24H31ClN4O3. The maximum atomic E-state index is 12.9. The zero-order valence-corrected chi connectivity index (χ0v) is 19.7. The molecule has 1 saturated heterocycles. The number of hydrogen-bond acceptors (Lipinski definition) is 6. The number of amides is 1. The highest BCUT2D eigenvalue weighted by Crippen LogP contribution is 2.37. The number of anilines is 1. The highest BCUT2D eigenvalue weighted by Gasteiger charge is 2.39. The standard InChI is InChI=1S/C24H31ClN4O3/c1-24(2,3)32-23(31)29-10-4-5-19(29)20(30)13-16-11-15(12-16)6-7-17-14-26-22(25)28-21(17)27-18-8-9-18/h14-16,18-19H,4-5,8-13H2,1-3H3,(H,26,27,28)/t15?,16?,19-/m0/s1. The Labute approximate surface area is 194 Å². The summed E-state index contributed by atoms with van der Waals surface area (Å²) in [5.41, 5.74) is 0.204. The third kappa shape index (κ3) is 5.92. The number of nitrogens with one attached hydrogen (secondary N) is 1. The minimum Gasteiger partial charge on any atom is -0.444 e. The second-order valence-electron chi connectivity index (χ2n) is 10.1. The molecule has 0 spiro atoms. The molecule has 32 heavy (non-hydrogen) atoms. The van der Waals surface area contributed by atoms with Crippen molar-refractivity contribution in [3.05, 3.63) is 17.0 Å². The van der Waals surface area contributed by atoms with Gasteiger partial charge in [0.15, 0.2) is 5.78 Å². The van der Waals surface area contributed by atoms with Crippen molar-refractivity contribution in [2.24, 2.45) is 11.8 Å². The minimum absolute atomic E-state index is 0.145. The Morgan fingerprint density at radius 1 is 1.28 bits per heavy atom. The Morgan fingerprint density at radius 2 is 2.03 bits per heavy atom. The lowest BCUT2D eigenvalue weighted by Crippen LogP contribution is -2.44. The van der Waals surface area contributed by atoms with Crippen LogP contribution >= 0.6 is 11.6 Å². The second-order valence-corrected chi connectivity index (χ2v) is 10.5. The first-order valence-corrected chi connectivity index (χ1v) is 11.9. The number of nitrogens with zero attached hydrogens (tertiary/aromatic N) is 3. The molecule has 3 aliphatic rings. The normalized spacial score (nSPS) is 24.9. The average Bonchev–Trinajstić information content (AvgIpc) is 3.34. The summed E-state index contributed by atoms with van der Waals surface area (Å²) >= 11 is 5.93. The zero-order valence-electron chi connectivity index (χ0n) is 19.0. The van der Waals surface area contributed by atoms with Gasteiger partial charge in [-0.1, -0.05) is 11.8 Å². The average molecular weight is 459 g/mol. The quantitative estimate of drug-likeness (QED) is 0.518. The van der Waals surface area contributed by atoms with Crippen LogP contribution < -0.4 is 5.32 Å². The van der Waals surface area contributed by atoms with Gasteiger partial charge in [-0.05, 0) is 76.8 Å². The van der Waals surface area contributed by atoms with E-state index >= 15 is 0 Å². The molecule has 8 heteroatoms. The minimum atomic E-state index is -0.559. The monoisotopic (exact) mass is 458 g/mol. The zero-order chi connectivity index (χ0) is 22.9. The van der Waals surface area contributed by atoms with Crippen LogP contribution in [0.25, 0.3) is 0 Å². The van der Waals surface area contributed by atoms with E-state index in [1.54, 1.807) is 11.1 Å². The fraction of sp³-hybridized carbons (Fsp3) is 0.667. The lowest BCUT2D eigenvalue weighted by atomic mass is 9.72. The van der Waals surface area contributed by atoms with Gasteiger partial charge in [-0.2, -0.15) is 4.98 Å². The van der Waals surface area contributed by atoms with Gasteiger partial charge in [0.1, 0.15) is 11.4 Å². The summed E-state index contributed by atoms with van der Waals surface area (Å²) in [6, 6.07) is 0.105. The molecule has 1 atom stereocenters. The van der Waals surface area contributed by atoms with Crippen molar-refractivity contribution in [3.8, 4) is 11.8 Å². The van der Waals surface area contributed by atoms with E-state index < -0.39 is 5.60 Å². The van der Waals surface area contributed by atoms with Crippen LogP contribution in [0.5, 0.6) is 0 Å². The molecule has 1 aromatic heterocycles. The van der Waals surface area contributed by atoms with Crippen LogP contribution in [0.2, 0.25) is 5.28 Å². The van der Waals surface area contributed by atoms with Crippen LogP contribution in [0.1, 0.15) is 71.3 Å². The predicted octanol–water partition coefficient (Wildman–Crippen LogP) is 4.44. The van der Waals surface area contributed by atoms with Crippen molar-refractivity contribution in [1.82, 2.24) is 14.9 Å². The Morgan fingerprint density at radius 3 is 2.72 bits per heavy atom. The fourth-order valence-corrected chi connectivity index (χ4v) is 4.38. The highest BCUT2D eigenvalue weighted by molar-refractivity contribution is 6.28. The van der Waals surface area contributed by atoms with Gasteiger partial charge in [-0.15, -0.1) is 0 Å². The fourth-order valence-electron chi connectivity index (χ4n) is 4.24. The molecule has 0 unspecified atom stereocenters. The molecule has 1 amide bonds. The Bertz CT molecular complexity index is 939. The maximum Gasteiger partial charge on any atom is 0.410 e. The summed E-state index contributed by atoms with van der Waals surface area (Å²) in [5, 5.41) is 3.57. The van der Waals surface area contributed by atoms with Gasteiger partial charge < -0.3 is 10.1 Å². The summed E-state index contributed by atoms with van der Waals surface area (Å²) in [4.78, 5) is 35.3. The number of carbonyl (C=O) groups is 2. The SMILES string of the molecule is CC(C)(C)OC(=O)N1CCC[C@H]1C(=O)CC1CC(C#Cc2cnc(Cl)nc2NC2CC2)C1. The molecule has 2 heterocycles. The smallest absolute Gasteiger partial charge is 0.410 e. The Balaban J connectivity index is 1.28. The first-order chi connectivity index (χ1) is 15.2. The summed E-state index contributed by atoms with van der Waals surface area (Å²) < 4.78 is 5.48. The van der Waals surface area contributed by atoms with Gasteiger partial charge in [0.2, 0.25) is 5.28 Å². The number of Topliss-reactive ketones (excluding diaryl/α,β-unsaturated/α-hetero) is 1. The van der Waals surface area contributed by atoms with Crippen molar-refractivity contribution in [3.63, 3.8) is 0 Å². The van der Waals surface area contributed by atoms with Crippen LogP contribution in [0, 0.1) is 23.7 Å². The van der Waals surface area contributed by atoms with Crippen LogP contribution in [-0.2, 0) is 9.53 Å². The van der Waals surface area contributed by atoms with Crippen LogP contribution in [0.3, 0.4) is 0 Å². The number of rotatable bonds is 5. The van der Waals surface area contributed by atoms with Crippen LogP contribution in [0.15, 0.2) is 6.20 Å². The molecule has 0 bridgehead atoms. The van der Waals surface area contributed by atoms with Crippen molar-refractivity contribution in [2.75, 3.05) is 11.9 Å². The molecule has 0 aromatic carbocycles. The number of carbonyl (C=O) groups excluding carboxylic acids is 2. The van der Waals surface area contributed by atoms with Crippen LogP contribution in [0.4, 0.5) is 10.6 Å². The van der Waals surface area contributed by atoms with E-state index in [9.17, 15) is 9.59 Å². The lowest BCUT2D eigenvalue weighted by molar-refractivity contribution is -0.125. The van der Waals surface area contributed by atoms with E-state index in [2.05, 4.69) is 27.1 Å². The summed E-state index contributed by atoms with van der Waals surface area (Å²) in [7, 11) is 0. The number of aromatic nitrogens is 2. The number of hydrogen-bond donors (Lipinski definition) is 1. The molecule has 1 aliphatic heterocycles. The van der Waals surface area contributed by atoms with Crippen molar-refractivity contribution in [2.45, 2.75) is 83.4 Å². The first-order valence-electron chi connectivity index (χ1n) is 11.5. The number of likely N-dealkylation sites (tertiary alicyclic amines) is 1. The number of ether oxygens (including phenoxy) is 1. The van der Waals surface area contributed by atoms with Gasteiger partial charge in [-0.25, -0.2) is 9.78 Å². The van der Waals surface area contributed by atoms with E-state index in [0.717, 1.165) is 44.1 Å². The molecule has 4 rings (SSSR count). The topological polar surface area (TPSA) is 84.4 Å². The third-order valence-corrected chi connectivity index (χ3v) is 6.25. The molecule has 0 radical (unpaired) electrons. The summed E-state index contributed by atoms with van der Waals surface area (Å²) in [6.45, 7) is 6.11. The predicted molar refractivity (Wildman–Crippen MR) is 122 cm³/mol. The van der Waals surface area contributed by atoms with Gasteiger partial charge in [-0.3, -0.25) is 9.69 Å². The summed E-state index contributed by atoms with van der Waals surface area (Å²) in [5.74, 6) is 7.95. The molecule has 7 nitrogen and oxygen atoms in total. The molecule has 172 valence electrons. The van der Waals surface area contributed by atoms with E-state index in [1.807, 2.05) is 20.8 Å². The van der Waals surface area contributed by atoms with Crippen molar-refractivity contribution < 1.29 is 14.3 Å². The largest absolute Gasteiger partial charge is 0.444 e.